The number of carbonyl (C=O) groups is 4. The van der Waals surface area contributed by atoms with Gasteiger partial charge in [0, 0.05) is 72.0 Å². The molecule has 40 heavy (non-hydrogen) atoms. The van der Waals surface area contributed by atoms with Crippen LogP contribution in [0.15, 0.2) is 24.3 Å². The number of hydrogen-bond donors (Lipinski definition) is 1. The average Bonchev–Trinajstić information content (AvgIpc) is 2.86. The molecule has 1 atom stereocenters. The Morgan fingerprint density at radius 3 is 1.52 bits per heavy atom. The van der Waals surface area contributed by atoms with E-state index in [0.717, 1.165) is 12.0 Å². The maximum atomic E-state index is 12.4. The van der Waals surface area contributed by atoms with Gasteiger partial charge in [0.2, 0.25) is 0 Å². The number of rotatable bonds is 13. The number of carbonyl (C=O) groups excluding carboxylic acids is 3. The van der Waals surface area contributed by atoms with E-state index >= 15 is 0 Å². The number of ether oxygens (including phenoxy) is 1. The molecule has 0 amide bonds. The van der Waals surface area contributed by atoms with E-state index in [0.29, 0.717) is 12.4 Å². The summed E-state index contributed by atoms with van der Waals surface area (Å²) in [5, 5.41) is 44.0. The van der Waals surface area contributed by atoms with Crippen molar-refractivity contribution in [1.29, 1.82) is 0 Å². The van der Waals surface area contributed by atoms with Crippen LogP contribution in [-0.4, -0.2) is 133 Å². The quantitative estimate of drug-likeness (QED) is 0.210. The zero-order valence-electron chi connectivity index (χ0n) is 22.6. The summed E-state index contributed by atoms with van der Waals surface area (Å²) in [6.45, 7) is 2.85. The van der Waals surface area contributed by atoms with E-state index in [2.05, 4.69) is 0 Å². The van der Waals surface area contributed by atoms with Crippen LogP contribution in [0.2, 0.25) is 0 Å². The van der Waals surface area contributed by atoms with Crippen LogP contribution in [0, 0.1) is 39.9 Å². The third-order valence-electron chi connectivity index (χ3n) is 6.48. The molecule has 1 fully saturated rings. The van der Waals surface area contributed by atoms with Gasteiger partial charge in [-0.05, 0) is 30.5 Å². The molecule has 1 unspecified atom stereocenters. The van der Waals surface area contributed by atoms with E-state index in [4.69, 9.17) is 4.74 Å². The number of aliphatic carboxylic acids is 4. The van der Waals surface area contributed by atoms with Crippen LogP contribution in [0.25, 0.3) is 0 Å². The third kappa shape index (κ3) is 14.1. The van der Waals surface area contributed by atoms with Gasteiger partial charge >= 0.3 is 45.9 Å². The van der Waals surface area contributed by atoms with Crippen molar-refractivity contribution in [3.63, 3.8) is 0 Å². The van der Waals surface area contributed by atoms with Gasteiger partial charge in [-0.25, -0.2) is 0 Å². The van der Waals surface area contributed by atoms with Crippen molar-refractivity contribution in [3.8, 4) is 5.75 Å². The second-order valence-corrected chi connectivity index (χ2v) is 9.53. The first-order valence-corrected chi connectivity index (χ1v) is 13.0. The van der Waals surface area contributed by atoms with E-state index < -0.39 is 49.6 Å². The van der Waals surface area contributed by atoms with Gasteiger partial charge in [-0.15, -0.1) is 0 Å². The molecule has 1 aromatic carbocycles. The van der Waals surface area contributed by atoms with E-state index in [9.17, 15) is 39.6 Å². The molecule has 14 heteroatoms. The first kappa shape index (κ1) is 36.1. The Kier molecular flexibility index (Phi) is 17.4. The molecule has 0 bridgehead atoms. The van der Waals surface area contributed by atoms with Crippen LogP contribution in [-0.2, 0) is 25.6 Å². The van der Waals surface area contributed by atoms with Crippen molar-refractivity contribution in [2.24, 2.45) is 0 Å². The monoisotopic (exact) mass is 707 g/mol. The van der Waals surface area contributed by atoms with Crippen molar-refractivity contribution in [3.05, 3.63) is 29.8 Å². The predicted molar refractivity (Wildman–Crippen MR) is 133 cm³/mol. The van der Waals surface area contributed by atoms with Crippen molar-refractivity contribution in [2.45, 2.75) is 25.8 Å². The van der Waals surface area contributed by atoms with Crippen LogP contribution in [0.1, 0.15) is 18.9 Å². The number of nitrogens with zero attached hydrogens (tertiary/aromatic N) is 4. The fourth-order valence-corrected chi connectivity index (χ4v) is 4.42. The first-order valence-electron chi connectivity index (χ1n) is 13.0. The topological polar surface area (TPSA) is 180 Å². The number of carboxylic acids is 4. The van der Waals surface area contributed by atoms with Gasteiger partial charge in [0.05, 0.1) is 24.5 Å². The Morgan fingerprint density at radius 2 is 1.18 bits per heavy atom. The summed E-state index contributed by atoms with van der Waals surface area (Å²) in [4.78, 5) is 52.7. The SMILES string of the molecule is CCCOc1ccc(CC(C(=O)O)N2CCN(CC(=O)[O-])CCN(CC(=O)[O-])CCN(CC(=O)[O-])CC2)cc1.[Gd+3]. The Hall–Kier alpha value is -1.94. The van der Waals surface area contributed by atoms with Crippen molar-refractivity contribution in [2.75, 3.05) is 78.6 Å². The fraction of sp³-hybridized carbons (Fsp3) is 0.615. The largest absolute Gasteiger partial charge is 3.00 e. The van der Waals surface area contributed by atoms with Crippen LogP contribution in [0.4, 0.5) is 0 Å². The fourth-order valence-electron chi connectivity index (χ4n) is 4.42. The average molecular weight is 707 g/mol. The summed E-state index contributed by atoms with van der Waals surface area (Å²) in [5.41, 5.74) is 0.772. The van der Waals surface area contributed by atoms with E-state index in [1.807, 2.05) is 6.92 Å². The van der Waals surface area contributed by atoms with Gasteiger partial charge in [-0.3, -0.25) is 24.4 Å². The molecule has 0 saturated carbocycles. The van der Waals surface area contributed by atoms with Gasteiger partial charge in [-0.2, -0.15) is 0 Å². The van der Waals surface area contributed by atoms with Crippen LogP contribution in [0.3, 0.4) is 0 Å². The van der Waals surface area contributed by atoms with Crippen molar-refractivity contribution >= 4 is 23.9 Å². The Morgan fingerprint density at radius 1 is 0.775 bits per heavy atom. The Bertz CT molecular complexity index is 919. The van der Waals surface area contributed by atoms with E-state index in [1.54, 1.807) is 43.9 Å². The van der Waals surface area contributed by atoms with Crippen LogP contribution in [0.5, 0.6) is 5.75 Å². The number of carboxylic acid groups (broad SMARTS) is 4. The predicted octanol–water partition coefficient (Wildman–Crippen LogP) is -4.06. The normalized spacial score (nSPS) is 17.5. The van der Waals surface area contributed by atoms with Gasteiger partial charge in [-0.1, -0.05) is 19.1 Å². The molecule has 1 aliphatic heterocycles. The molecule has 0 aromatic heterocycles. The molecule has 1 N–H and O–H groups in total. The summed E-state index contributed by atoms with van der Waals surface area (Å²) < 4.78 is 5.59. The minimum atomic E-state index is -1.31. The maximum Gasteiger partial charge on any atom is 3.00 e. The maximum absolute atomic E-state index is 12.4. The first-order chi connectivity index (χ1) is 18.6. The van der Waals surface area contributed by atoms with Gasteiger partial charge in [0.1, 0.15) is 11.8 Å². The Labute approximate surface area is 266 Å². The second kappa shape index (κ2) is 19.2. The number of benzene rings is 1. The molecule has 0 spiro atoms. The summed E-state index contributed by atoms with van der Waals surface area (Å²) >= 11 is 0. The zero-order valence-corrected chi connectivity index (χ0v) is 24.9. The van der Waals surface area contributed by atoms with E-state index in [-0.39, 0.29) is 98.7 Å². The number of hydrogen-bond acceptors (Lipinski definition) is 12. The molecule has 1 heterocycles. The molecule has 0 aliphatic carbocycles. The molecule has 1 aliphatic rings. The van der Waals surface area contributed by atoms with Crippen LogP contribution >= 0.6 is 0 Å². The molecule has 1 saturated heterocycles. The summed E-state index contributed by atoms with van der Waals surface area (Å²) in [6.07, 6.45) is 1.03. The summed E-state index contributed by atoms with van der Waals surface area (Å²) in [6, 6.07) is 6.20. The van der Waals surface area contributed by atoms with Gasteiger partial charge < -0.3 is 39.5 Å². The molecule has 13 nitrogen and oxygen atoms in total. The van der Waals surface area contributed by atoms with E-state index in [1.165, 1.54) is 0 Å². The molecular formula is C26H37GdN4O9. The summed E-state index contributed by atoms with van der Waals surface area (Å²) in [5.74, 6) is -4.30. The molecule has 1 radical (unpaired) electrons. The molecule has 1 aromatic rings. The zero-order chi connectivity index (χ0) is 28.8. The third-order valence-corrected chi connectivity index (χ3v) is 6.48. The second-order valence-electron chi connectivity index (χ2n) is 9.53. The van der Waals surface area contributed by atoms with Crippen molar-refractivity contribution < 1.29 is 84.3 Å². The van der Waals surface area contributed by atoms with Crippen molar-refractivity contribution in [1.82, 2.24) is 19.6 Å². The van der Waals surface area contributed by atoms with Crippen LogP contribution < -0.4 is 20.1 Å². The Balaban J connectivity index is 0.00000800. The molecule has 2 rings (SSSR count). The summed E-state index contributed by atoms with van der Waals surface area (Å²) in [7, 11) is 0. The molecular weight excluding hydrogens is 670 g/mol. The molecule has 223 valence electrons. The minimum absolute atomic E-state index is 0. The minimum Gasteiger partial charge on any atom is -0.549 e. The van der Waals surface area contributed by atoms with Gasteiger partial charge in [0.15, 0.2) is 0 Å². The smallest absolute Gasteiger partial charge is 0.549 e. The van der Waals surface area contributed by atoms with Gasteiger partial charge in [0.25, 0.3) is 0 Å². The standard InChI is InChI=1S/C26H40N4O9.Gd/c1-2-15-39-21-5-3-20(4-6-21)16-22(26(37)38)30-13-11-28(18-24(33)34)9-7-27(17-23(31)32)8-10-29(12-14-30)19-25(35)36;/h3-6,22H,2,7-19H2,1H3,(H,31,32)(H,33,34)(H,35,36)(H,37,38);/q;+3/p-3.